The summed E-state index contributed by atoms with van der Waals surface area (Å²) in [6.45, 7) is 3.33. The fourth-order valence-corrected chi connectivity index (χ4v) is 3.67. The highest BCUT2D eigenvalue weighted by atomic mass is 16.5. The van der Waals surface area contributed by atoms with E-state index in [1.54, 1.807) is 12.1 Å². The van der Waals surface area contributed by atoms with Gasteiger partial charge in [0.2, 0.25) is 0 Å². The van der Waals surface area contributed by atoms with Crippen LogP contribution in [0.5, 0.6) is 11.5 Å². The van der Waals surface area contributed by atoms with Crippen molar-refractivity contribution in [1.29, 1.82) is 0 Å². The summed E-state index contributed by atoms with van der Waals surface area (Å²) in [6, 6.07) is 15.2. The first-order chi connectivity index (χ1) is 15.7. The molecule has 0 unspecified atom stereocenters. The molecule has 0 heterocycles. The predicted octanol–water partition coefficient (Wildman–Crippen LogP) is 7.74. The monoisotopic (exact) mass is 440 g/mol. The van der Waals surface area contributed by atoms with Crippen molar-refractivity contribution in [2.75, 3.05) is 13.7 Å². The Labute approximate surface area is 194 Å². The maximum atomic E-state index is 12.0. The molecule has 32 heavy (non-hydrogen) atoms. The zero-order valence-electron chi connectivity index (χ0n) is 19.9. The second kappa shape index (κ2) is 16.2. The number of carbonyl (C=O) groups excluding carboxylic acids is 1. The van der Waals surface area contributed by atoms with Crippen molar-refractivity contribution < 1.29 is 19.0 Å². The SMILES string of the molecule is CCCCCCCCCCCCCOc1cc(OCc2ccccc2)cc(C(=O)OC)c1. The molecule has 0 N–H and O–H groups in total. The Morgan fingerprint density at radius 1 is 0.719 bits per heavy atom. The van der Waals surface area contributed by atoms with Crippen molar-refractivity contribution in [2.45, 2.75) is 84.2 Å². The number of hydrogen-bond donors (Lipinski definition) is 0. The summed E-state index contributed by atoms with van der Waals surface area (Å²) in [6.07, 6.45) is 14.3. The Hall–Kier alpha value is -2.49. The third-order valence-electron chi connectivity index (χ3n) is 5.57. The molecule has 2 aromatic carbocycles. The van der Waals surface area contributed by atoms with Gasteiger partial charge in [0.15, 0.2) is 0 Å². The van der Waals surface area contributed by atoms with Gasteiger partial charge in [-0.1, -0.05) is 101 Å². The smallest absolute Gasteiger partial charge is 0.338 e. The molecule has 2 aromatic rings. The molecule has 0 saturated carbocycles. The van der Waals surface area contributed by atoms with Crippen molar-refractivity contribution >= 4 is 5.97 Å². The van der Waals surface area contributed by atoms with Crippen molar-refractivity contribution in [3.63, 3.8) is 0 Å². The molecule has 4 heteroatoms. The number of benzene rings is 2. The number of rotatable bonds is 17. The molecule has 0 atom stereocenters. The lowest BCUT2D eigenvalue weighted by Gasteiger charge is -2.12. The molecule has 0 aliphatic rings. The lowest BCUT2D eigenvalue weighted by Crippen LogP contribution is -2.05. The van der Waals surface area contributed by atoms with E-state index in [1.165, 1.54) is 71.3 Å². The van der Waals surface area contributed by atoms with Crippen LogP contribution in [0.4, 0.5) is 0 Å². The molecule has 0 saturated heterocycles. The Balaban J connectivity index is 1.70. The zero-order valence-corrected chi connectivity index (χ0v) is 19.9. The molecular formula is C28H40O4. The summed E-state index contributed by atoms with van der Waals surface area (Å²) < 4.78 is 16.7. The van der Waals surface area contributed by atoms with Gasteiger partial charge >= 0.3 is 5.97 Å². The highest BCUT2D eigenvalue weighted by molar-refractivity contribution is 5.90. The highest BCUT2D eigenvalue weighted by Gasteiger charge is 2.11. The van der Waals surface area contributed by atoms with Gasteiger partial charge < -0.3 is 14.2 Å². The molecule has 0 aromatic heterocycles. The molecule has 0 bridgehead atoms. The van der Waals surface area contributed by atoms with Crippen LogP contribution in [-0.2, 0) is 11.3 Å². The minimum absolute atomic E-state index is 0.394. The molecule has 0 radical (unpaired) electrons. The number of hydrogen-bond acceptors (Lipinski definition) is 4. The molecule has 0 amide bonds. The van der Waals surface area contributed by atoms with E-state index in [2.05, 4.69) is 6.92 Å². The van der Waals surface area contributed by atoms with Gasteiger partial charge in [0.25, 0.3) is 0 Å². The molecule has 176 valence electrons. The number of methoxy groups -OCH3 is 1. The van der Waals surface area contributed by atoms with Crippen LogP contribution in [0.3, 0.4) is 0 Å². The first-order valence-electron chi connectivity index (χ1n) is 12.3. The lowest BCUT2D eigenvalue weighted by atomic mass is 10.1. The van der Waals surface area contributed by atoms with Crippen LogP contribution in [0.2, 0.25) is 0 Å². The average molecular weight is 441 g/mol. The van der Waals surface area contributed by atoms with E-state index in [0.717, 1.165) is 12.0 Å². The van der Waals surface area contributed by atoms with Gasteiger partial charge in [-0.05, 0) is 24.1 Å². The van der Waals surface area contributed by atoms with Gasteiger partial charge in [-0.3, -0.25) is 0 Å². The van der Waals surface area contributed by atoms with E-state index < -0.39 is 5.97 Å². The Morgan fingerprint density at radius 2 is 1.28 bits per heavy atom. The predicted molar refractivity (Wildman–Crippen MR) is 131 cm³/mol. The van der Waals surface area contributed by atoms with Gasteiger partial charge in [0.05, 0.1) is 19.3 Å². The standard InChI is InChI=1S/C28H40O4/c1-3-4-5-6-7-8-9-10-11-12-16-19-31-26-20-25(28(29)30-2)21-27(22-26)32-23-24-17-14-13-15-18-24/h13-15,17-18,20-22H,3-12,16,19,23H2,1-2H3. The second-order valence-corrected chi connectivity index (χ2v) is 8.34. The minimum Gasteiger partial charge on any atom is -0.493 e. The van der Waals surface area contributed by atoms with Gasteiger partial charge in [-0.2, -0.15) is 0 Å². The van der Waals surface area contributed by atoms with Crippen LogP contribution in [0, 0.1) is 0 Å². The maximum absolute atomic E-state index is 12.0. The van der Waals surface area contributed by atoms with Crippen LogP contribution in [0.15, 0.2) is 48.5 Å². The summed E-state index contributed by atoms with van der Waals surface area (Å²) in [7, 11) is 1.38. The molecule has 0 spiro atoms. The molecular weight excluding hydrogens is 400 g/mol. The zero-order chi connectivity index (χ0) is 22.9. The van der Waals surface area contributed by atoms with Crippen molar-refractivity contribution in [2.24, 2.45) is 0 Å². The van der Waals surface area contributed by atoms with Crippen LogP contribution in [0.25, 0.3) is 0 Å². The Morgan fingerprint density at radius 3 is 1.88 bits per heavy atom. The van der Waals surface area contributed by atoms with Crippen molar-refractivity contribution in [1.82, 2.24) is 0 Å². The van der Waals surface area contributed by atoms with Crippen molar-refractivity contribution in [3.8, 4) is 11.5 Å². The quantitative estimate of drug-likeness (QED) is 0.186. The number of esters is 1. The van der Waals surface area contributed by atoms with E-state index in [9.17, 15) is 4.79 Å². The first kappa shape index (κ1) is 25.8. The fraction of sp³-hybridized carbons (Fsp3) is 0.536. The second-order valence-electron chi connectivity index (χ2n) is 8.34. The third kappa shape index (κ3) is 10.7. The Bertz CT molecular complexity index is 757. The Kier molecular flexibility index (Phi) is 13.0. The number of ether oxygens (including phenoxy) is 3. The van der Waals surface area contributed by atoms with E-state index in [4.69, 9.17) is 14.2 Å². The summed E-state index contributed by atoms with van der Waals surface area (Å²) >= 11 is 0. The summed E-state index contributed by atoms with van der Waals surface area (Å²) in [5.74, 6) is 0.850. The fourth-order valence-electron chi connectivity index (χ4n) is 3.67. The first-order valence-corrected chi connectivity index (χ1v) is 12.3. The highest BCUT2D eigenvalue weighted by Crippen LogP contribution is 2.25. The van der Waals surface area contributed by atoms with E-state index in [1.807, 2.05) is 36.4 Å². The average Bonchev–Trinajstić information content (AvgIpc) is 2.83. The third-order valence-corrected chi connectivity index (χ3v) is 5.57. The van der Waals surface area contributed by atoms with Gasteiger partial charge in [0, 0.05) is 6.07 Å². The summed E-state index contributed by atoms with van der Waals surface area (Å²) in [5.41, 5.74) is 1.51. The van der Waals surface area contributed by atoms with Gasteiger partial charge in [0.1, 0.15) is 18.1 Å². The van der Waals surface area contributed by atoms with E-state index in [-0.39, 0.29) is 0 Å². The molecule has 2 rings (SSSR count). The van der Waals surface area contributed by atoms with E-state index in [0.29, 0.717) is 30.3 Å². The molecule has 0 fully saturated rings. The molecule has 4 nitrogen and oxygen atoms in total. The van der Waals surface area contributed by atoms with Crippen LogP contribution < -0.4 is 9.47 Å². The number of carbonyl (C=O) groups is 1. The maximum Gasteiger partial charge on any atom is 0.338 e. The van der Waals surface area contributed by atoms with E-state index >= 15 is 0 Å². The van der Waals surface area contributed by atoms with Crippen LogP contribution >= 0.6 is 0 Å². The topological polar surface area (TPSA) is 44.8 Å². The van der Waals surface area contributed by atoms with Crippen LogP contribution in [0.1, 0.15) is 93.5 Å². The van der Waals surface area contributed by atoms with Crippen molar-refractivity contribution in [3.05, 3.63) is 59.7 Å². The summed E-state index contributed by atoms with van der Waals surface area (Å²) in [4.78, 5) is 12.0. The minimum atomic E-state index is -0.394. The molecule has 0 aliphatic carbocycles. The van der Waals surface area contributed by atoms with Gasteiger partial charge in [-0.15, -0.1) is 0 Å². The number of unbranched alkanes of at least 4 members (excludes halogenated alkanes) is 10. The van der Waals surface area contributed by atoms with Gasteiger partial charge in [-0.25, -0.2) is 4.79 Å². The van der Waals surface area contributed by atoms with Crippen LogP contribution in [-0.4, -0.2) is 19.7 Å². The molecule has 0 aliphatic heterocycles. The normalized spacial score (nSPS) is 10.7. The summed E-state index contributed by atoms with van der Waals surface area (Å²) in [5, 5.41) is 0. The largest absolute Gasteiger partial charge is 0.493 e. The lowest BCUT2D eigenvalue weighted by molar-refractivity contribution is 0.0599.